The second-order valence-electron chi connectivity index (χ2n) is 6.32. The van der Waals surface area contributed by atoms with E-state index in [2.05, 4.69) is 20.4 Å². The first-order valence-electron chi connectivity index (χ1n) is 8.37. The Labute approximate surface area is 147 Å². The first-order valence-corrected chi connectivity index (χ1v) is 8.37. The summed E-state index contributed by atoms with van der Waals surface area (Å²) in [7, 11) is 0. The fourth-order valence-corrected chi connectivity index (χ4v) is 2.75. The molecule has 4 heterocycles. The number of carbonyl (C=O) groups excluding carboxylic acids is 1. The number of nitrogens with one attached hydrogen (secondary N) is 1. The molecule has 8 nitrogen and oxygen atoms in total. The molecular formula is C18H15N5O3. The van der Waals surface area contributed by atoms with Crippen molar-refractivity contribution in [2.75, 3.05) is 5.32 Å². The summed E-state index contributed by atoms with van der Waals surface area (Å²) >= 11 is 0. The van der Waals surface area contributed by atoms with Crippen LogP contribution in [0.3, 0.4) is 0 Å². The Morgan fingerprint density at radius 2 is 2.12 bits per heavy atom. The molecule has 0 unspecified atom stereocenters. The maximum absolute atomic E-state index is 12.1. The number of amides is 1. The lowest BCUT2D eigenvalue weighted by Gasteiger charge is -2.06. The molecule has 0 aliphatic heterocycles. The van der Waals surface area contributed by atoms with Gasteiger partial charge in [0.2, 0.25) is 17.6 Å². The minimum Gasteiger partial charge on any atom is -0.461 e. The van der Waals surface area contributed by atoms with Crippen LogP contribution >= 0.6 is 0 Å². The normalized spacial score (nSPS) is 14.0. The highest BCUT2D eigenvalue weighted by Gasteiger charge is 2.30. The summed E-state index contributed by atoms with van der Waals surface area (Å²) in [5.74, 6) is 3.25. The zero-order valence-electron chi connectivity index (χ0n) is 14.0. The highest BCUT2D eigenvalue weighted by molar-refractivity contribution is 5.93. The van der Waals surface area contributed by atoms with Gasteiger partial charge >= 0.3 is 0 Å². The average Bonchev–Trinajstić information content (AvgIpc) is 3.00. The van der Waals surface area contributed by atoms with E-state index in [1.54, 1.807) is 29.0 Å². The SMILES string of the molecule is Cc1ccc(-c2nc(NC(=O)C3CC3)cc3nc(-c4ccco4)nn23)o1. The van der Waals surface area contributed by atoms with Crippen molar-refractivity contribution in [1.29, 1.82) is 0 Å². The molecule has 1 N–H and O–H groups in total. The number of furan rings is 2. The third-order valence-electron chi connectivity index (χ3n) is 4.23. The maximum Gasteiger partial charge on any atom is 0.228 e. The van der Waals surface area contributed by atoms with Crippen molar-refractivity contribution in [3.05, 3.63) is 42.4 Å². The van der Waals surface area contributed by atoms with Gasteiger partial charge < -0.3 is 14.2 Å². The summed E-state index contributed by atoms with van der Waals surface area (Å²) in [5, 5.41) is 7.35. The maximum atomic E-state index is 12.1. The lowest BCUT2D eigenvalue weighted by atomic mass is 10.3. The molecule has 0 atom stereocenters. The van der Waals surface area contributed by atoms with E-state index in [1.165, 1.54) is 0 Å². The Morgan fingerprint density at radius 3 is 2.81 bits per heavy atom. The van der Waals surface area contributed by atoms with Crippen molar-refractivity contribution in [3.63, 3.8) is 0 Å². The minimum atomic E-state index is -0.0193. The van der Waals surface area contributed by atoms with Crippen LogP contribution in [0.2, 0.25) is 0 Å². The summed E-state index contributed by atoms with van der Waals surface area (Å²) in [4.78, 5) is 21.2. The molecule has 1 fully saturated rings. The van der Waals surface area contributed by atoms with Crippen LogP contribution in [0, 0.1) is 12.8 Å². The van der Waals surface area contributed by atoms with Crippen LogP contribution in [-0.4, -0.2) is 25.5 Å². The van der Waals surface area contributed by atoms with Gasteiger partial charge in [0, 0.05) is 12.0 Å². The van der Waals surface area contributed by atoms with E-state index in [0.29, 0.717) is 34.6 Å². The minimum absolute atomic E-state index is 0.0193. The quantitative estimate of drug-likeness (QED) is 0.607. The van der Waals surface area contributed by atoms with Crippen molar-refractivity contribution in [3.8, 4) is 23.2 Å². The molecule has 1 aliphatic carbocycles. The van der Waals surface area contributed by atoms with Gasteiger partial charge in [-0.15, -0.1) is 5.10 Å². The second-order valence-corrected chi connectivity index (χ2v) is 6.32. The molecule has 130 valence electrons. The number of hydrogen-bond acceptors (Lipinski definition) is 6. The smallest absolute Gasteiger partial charge is 0.228 e. The summed E-state index contributed by atoms with van der Waals surface area (Å²) in [6.45, 7) is 1.86. The third kappa shape index (κ3) is 2.55. The highest BCUT2D eigenvalue weighted by Crippen LogP contribution is 2.31. The van der Waals surface area contributed by atoms with E-state index >= 15 is 0 Å². The fourth-order valence-electron chi connectivity index (χ4n) is 2.75. The van der Waals surface area contributed by atoms with Crippen LogP contribution < -0.4 is 5.32 Å². The zero-order valence-corrected chi connectivity index (χ0v) is 14.0. The number of rotatable bonds is 4. The predicted octanol–water partition coefficient (Wildman–Crippen LogP) is 3.30. The van der Waals surface area contributed by atoms with Crippen molar-refractivity contribution in [2.24, 2.45) is 5.92 Å². The molecule has 0 saturated heterocycles. The number of anilines is 1. The molecule has 4 aromatic heterocycles. The second kappa shape index (κ2) is 5.55. The monoisotopic (exact) mass is 349 g/mol. The van der Waals surface area contributed by atoms with Crippen LogP contribution in [0.15, 0.2) is 45.4 Å². The van der Waals surface area contributed by atoms with E-state index in [9.17, 15) is 4.79 Å². The molecule has 8 heteroatoms. The zero-order chi connectivity index (χ0) is 17.7. The van der Waals surface area contributed by atoms with Gasteiger partial charge in [-0.05, 0) is 44.0 Å². The van der Waals surface area contributed by atoms with Gasteiger partial charge in [-0.25, -0.2) is 9.97 Å². The van der Waals surface area contributed by atoms with Gasteiger partial charge in [0.25, 0.3) is 0 Å². The summed E-state index contributed by atoms with van der Waals surface area (Å²) in [6, 6.07) is 8.92. The lowest BCUT2D eigenvalue weighted by Crippen LogP contribution is -2.15. The fraction of sp³-hybridized carbons (Fsp3) is 0.222. The number of nitrogens with zero attached hydrogens (tertiary/aromatic N) is 4. The first-order chi connectivity index (χ1) is 12.7. The molecular weight excluding hydrogens is 334 g/mol. The Kier molecular flexibility index (Phi) is 3.18. The van der Waals surface area contributed by atoms with Crippen LogP contribution in [0.5, 0.6) is 0 Å². The molecule has 0 bridgehead atoms. The number of hydrogen-bond donors (Lipinski definition) is 1. The molecule has 0 aromatic carbocycles. The van der Waals surface area contributed by atoms with Crippen molar-refractivity contribution < 1.29 is 13.6 Å². The van der Waals surface area contributed by atoms with Gasteiger partial charge in [-0.1, -0.05) is 0 Å². The highest BCUT2D eigenvalue weighted by atomic mass is 16.3. The van der Waals surface area contributed by atoms with Gasteiger partial charge in [0.05, 0.1) is 6.26 Å². The first kappa shape index (κ1) is 14.9. The van der Waals surface area contributed by atoms with Crippen LogP contribution in [0.25, 0.3) is 28.8 Å². The van der Waals surface area contributed by atoms with Crippen LogP contribution in [0.1, 0.15) is 18.6 Å². The predicted molar refractivity (Wildman–Crippen MR) is 92.3 cm³/mol. The van der Waals surface area contributed by atoms with Crippen molar-refractivity contribution in [2.45, 2.75) is 19.8 Å². The Morgan fingerprint density at radius 1 is 1.23 bits per heavy atom. The van der Waals surface area contributed by atoms with Gasteiger partial charge in [0.15, 0.2) is 17.2 Å². The number of carbonyl (C=O) groups is 1. The Balaban J connectivity index is 1.66. The van der Waals surface area contributed by atoms with E-state index in [1.807, 2.05) is 19.1 Å². The largest absolute Gasteiger partial charge is 0.461 e. The van der Waals surface area contributed by atoms with Crippen LogP contribution in [-0.2, 0) is 4.79 Å². The van der Waals surface area contributed by atoms with Crippen molar-refractivity contribution >= 4 is 17.4 Å². The molecule has 1 amide bonds. The number of fused-ring (bicyclic) bond motifs is 1. The third-order valence-corrected chi connectivity index (χ3v) is 4.23. The van der Waals surface area contributed by atoms with Crippen LogP contribution in [0.4, 0.5) is 5.82 Å². The molecule has 0 radical (unpaired) electrons. The summed E-state index contributed by atoms with van der Waals surface area (Å²) in [6.07, 6.45) is 3.41. The Hall–Kier alpha value is -3.42. The van der Waals surface area contributed by atoms with E-state index in [-0.39, 0.29) is 11.8 Å². The molecule has 1 saturated carbocycles. The molecule has 26 heavy (non-hydrogen) atoms. The molecule has 1 aliphatic rings. The standard InChI is InChI=1S/C18H15N5O3/c1-10-4-7-13(26-10)17-19-14(20-18(24)11-5-6-11)9-15-21-16(22-23(15)17)12-3-2-8-25-12/h2-4,7-9,11H,5-6H2,1H3,(H,20,24). The van der Waals surface area contributed by atoms with Crippen molar-refractivity contribution in [1.82, 2.24) is 19.6 Å². The van der Waals surface area contributed by atoms with Gasteiger partial charge in [-0.2, -0.15) is 4.52 Å². The number of aromatic nitrogens is 4. The Bertz CT molecular complexity index is 1110. The molecule has 0 spiro atoms. The topological polar surface area (TPSA) is 98.5 Å². The molecule has 5 rings (SSSR count). The lowest BCUT2D eigenvalue weighted by molar-refractivity contribution is -0.117. The van der Waals surface area contributed by atoms with Gasteiger partial charge in [0.1, 0.15) is 11.6 Å². The van der Waals surface area contributed by atoms with Gasteiger partial charge in [-0.3, -0.25) is 4.79 Å². The van der Waals surface area contributed by atoms with E-state index < -0.39 is 0 Å². The number of aryl methyl sites for hydroxylation is 1. The molecule has 4 aromatic rings. The average molecular weight is 349 g/mol. The van der Waals surface area contributed by atoms with E-state index in [0.717, 1.165) is 18.6 Å². The van der Waals surface area contributed by atoms with E-state index in [4.69, 9.17) is 8.83 Å². The summed E-state index contributed by atoms with van der Waals surface area (Å²) in [5.41, 5.74) is 0.543. The summed E-state index contributed by atoms with van der Waals surface area (Å²) < 4.78 is 12.7.